The van der Waals surface area contributed by atoms with Crippen molar-refractivity contribution in [2.24, 2.45) is 0 Å². The predicted molar refractivity (Wildman–Crippen MR) is 99.3 cm³/mol. The van der Waals surface area contributed by atoms with Gasteiger partial charge >= 0.3 is 0 Å². The first-order chi connectivity index (χ1) is 13.2. The van der Waals surface area contributed by atoms with Crippen LogP contribution in [0.4, 0.5) is 15.8 Å². The van der Waals surface area contributed by atoms with Crippen molar-refractivity contribution in [1.29, 1.82) is 0 Å². The molecule has 2 aromatic carbocycles. The smallest absolute Gasteiger partial charge is 0.228 e. The van der Waals surface area contributed by atoms with Crippen LogP contribution in [0.3, 0.4) is 0 Å². The Morgan fingerprint density at radius 2 is 2.00 bits per heavy atom. The lowest BCUT2D eigenvalue weighted by molar-refractivity contribution is -0.115. The number of carbonyl (C=O) groups is 1. The molecular weight excluding hydrogens is 347 g/mol. The number of hydrogen-bond acceptors (Lipinski definition) is 5. The van der Waals surface area contributed by atoms with Crippen LogP contribution in [-0.4, -0.2) is 39.2 Å². The standard InChI is InChI=1S/C19H19FN6O/c20-15-5-3-4-14(10-15)11-19(27)22-17-12-16(26-13-21-23-24-26)6-7-18(17)25-8-1-2-9-25/h3-7,10,12-13H,1-2,8-9,11H2,(H,22,27). The van der Waals surface area contributed by atoms with Gasteiger partial charge in [-0.1, -0.05) is 12.1 Å². The Balaban J connectivity index is 1.60. The van der Waals surface area contributed by atoms with Gasteiger partial charge < -0.3 is 10.2 Å². The average molecular weight is 366 g/mol. The summed E-state index contributed by atoms with van der Waals surface area (Å²) >= 11 is 0. The molecule has 1 aromatic heterocycles. The Hall–Kier alpha value is -3.29. The third-order valence-electron chi connectivity index (χ3n) is 4.57. The van der Waals surface area contributed by atoms with Gasteiger partial charge in [-0.05, 0) is 59.2 Å². The van der Waals surface area contributed by atoms with Crippen molar-refractivity contribution in [3.05, 3.63) is 60.2 Å². The number of tetrazole rings is 1. The second-order valence-electron chi connectivity index (χ2n) is 6.50. The van der Waals surface area contributed by atoms with E-state index in [2.05, 4.69) is 25.7 Å². The highest BCUT2D eigenvalue weighted by Gasteiger charge is 2.18. The molecule has 1 N–H and O–H groups in total. The number of nitrogens with zero attached hydrogens (tertiary/aromatic N) is 5. The molecule has 4 rings (SSSR count). The number of halogens is 1. The molecule has 138 valence electrons. The molecule has 0 unspecified atom stereocenters. The maximum atomic E-state index is 13.4. The zero-order chi connectivity index (χ0) is 18.6. The molecule has 1 saturated heterocycles. The maximum Gasteiger partial charge on any atom is 0.228 e. The van der Waals surface area contributed by atoms with E-state index in [1.54, 1.807) is 12.1 Å². The fraction of sp³-hybridized carbons (Fsp3) is 0.263. The number of carbonyl (C=O) groups excluding carboxylic acids is 1. The van der Waals surface area contributed by atoms with E-state index in [9.17, 15) is 9.18 Å². The van der Waals surface area contributed by atoms with E-state index < -0.39 is 0 Å². The topological polar surface area (TPSA) is 75.9 Å². The van der Waals surface area contributed by atoms with Gasteiger partial charge in [0.1, 0.15) is 12.1 Å². The largest absolute Gasteiger partial charge is 0.370 e. The van der Waals surface area contributed by atoms with Gasteiger partial charge in [0.2, 0.25) is 5.91 Å². The molecular formula is C19H19FN6O. The minimum Gasteiger partial charge on any atom is -0.370 e. The van der Waals surface area contributed by atoms with E-state index in [4.69, 9.17) is 0 Å². The van der Waals surface area contributed by atoms with Crippen LogP contribution in [0.2, 0.25) is 0 Å². The highest BCUT2D eigenvalue weighted by molar-refractivity contribution is 5.96. The zero-order valence-corrected chi connectivity index (χ0v) is 14.7. The lowest BCUT2D eigenvalue weighted by Gasteiger charge is -2.22. The van der Waals surface area contributed by atoms with Crippen LogP contribution in [-0.2, 0) is 11.2 Å². The Bertz CT molecular complexity index is 937. The second-order valence-corrected chi connectivity index (χ2v) is 6.50. The molecule has 0 bridgehead atoms. The first-order valence-corrected chi connectivity index (χ1v) is 8.86. The molecule has 0 radical (unpaired) electrons. The molecule has 0 aliphatic carbocycles. The molecule has 3 aromatic rings. The first kappa shape index (κ1) is 17.1. The van der Waals surface area contributed by atoms with Crippen molar-refractivity contribution >= 4 is 17.3 Å². The predicted octanol–water partition coefficient (Wildman–Crippen LogP) is 2.58. The lowest BCUT2D eigenvalue weighted by Crippen LogP contribution is -2.22. The summed E-state index contributed by atoms with van der Waals surface area (Å²) in [7, 11) is 0. The lowest BCUT2D eigenvalue weighted by atomic mass is 10.1. The molecule has 0 saturated carbocycles. The van der Waals surface area contributed by atoms with Gasteiger partial charge in [-0.25, -0.2) is 9.07 Å². The molecule has 1 amide bonds. The number of rotatable bonds is 5. The molecule has 8 heteroatoms. The maximum absolute atomic E-state index is 13.4. The summed E-state index contributed by atoms with van der Waals surface area (Å²) in [5, 5.41) is 14.2. The van der Waals surface area contributed by atoms with Crippen LogP contribution in [0, 0.1) is 5.82 Å². The number of amides is 1. The average Bonchev–Trinajstić information content (AvgIpc) is 3.36. The van der Waals surface area contributed by atoms with E-state index >= 15 is 0 Å². The highest BCUT2D eigenvalue weighted by Crippen LogP contribution is 2.31. The van der Waals surface area contributed by atoms with E-state index in [1.807, 2.05) is 18.2 Å². The summed E-state index contributed by atoms with van der Waals surface area (Å²) in [4.78, 5) is 14.8. The van der Waals surface area contributed by atoms with Crippen LogP contribution >= 0.6 is 0 Å². The highest BCUT2D eigenvalue weighted by atomic mass is 19.1. The van der Waals surface area contributed by atoms with Crippen LogP contribution in [0.5, 0.6) is 0 Å². The van der Waals surface area contributed by atoms with Crippen LogP contribution in [0.1, 0.15) is 18.4 Å². The van der Waals surface area contributed by atoms with Gasteiger partial charge in [-0.3, -0.25) is 4.79 Å². The van der Waals surface area contributed by atoms with Crippen molar-refractivity contribution in [3.8, 4) is 5.69 Å². The Morgan fingerprint density at radius 1 is 1.15 bits per heavy atom. The fourth-order valence-corrected chi connectivity index (χ4v) is 3.31. The number of hydrogen-bond donors (Lipinski definition) is 1. The van der Waals surface area contributed by atoms with E-state index in [1.165, 1.54) is 23.1 Å². The van der Waals surface area contributed by atoms with Gasteiger partial charge in [0.25, 0.3) is 0 Å². The normalized spacial score (nSPS) is 13.7. The van der Waals surface area contributed by atoms with Gasteiger partial charge in [-0.2, -0.15) is 0 Å². The first-order valence-electron chi connectivity index (χ1n) is 8.86. The summed E-state index contributed by atoms with van der Waals surface area (Å²) in [5.74, 6) is -0.548. The van der Waals surface area contributed by atoms with E-state index in [0.29, 0.717) is 11.3 Å². The fourth-order valence-electron chi connectivity index (χ4n) is 3.31. The molecule has 0 spiro atoms. The van der Waals surface area contributed by atoms with Gasteiger partial charge in [-0.15, -0.1) is 5.10 Å². The zero-order valence-electron chi connectivity index (χ0n) is 14.7. The van der Waals surface area contributed by atoms with Gasteiger partial charge in [0.15, 0.2) is 0 Å². The number of aromatic nitrogens is 4. The van der Waals surface area contributed by atoms with Crippen LogP contribution in [0.25, 0.3) is 5.69 Å². The number of anilines is 2. The third-order valence-corrected chi connectivity index (χ3v) is 4.57. The van der Waals surface area contributed by atoms with Crippen molar-refractivity contribution in [2.75, 3.05) is 23.3 Å². The summed E-state index contributed by atoms with van der Waals surface area (Å²) in [5.41, 5.74) is 3.05. The molecule has 0 atom stereocenters. The SMILES string of the molecule is O=C(Cc1cccc(F)c1)Nc1cc(-n2cnnn2)ccc1N1CCCC1. The Kier molecular flexibility index (Phi) is 4.78. The molecule has 1 aliphatic rings. The monoisotopic (exact) mass is 366 g/mol. The van der Waals surface area contributed by atoms with Gasteiger partial charge in [0, 0.05) is 13.1 Å². The second kappa shape index (κ2) is 7.53. The van der Waals surface area contributed by atoms with Crippen molar-refractivity contribution in [2.45, 2.75) is 19.3 Å². The Morgan fingerprint density at radius 3 is 2.74 bits per heavy atom. The van der Waals surface area contributed by atoms with Crippen LogP contribution < -0.4 is 10.2 Å². The molecule has 7 nitrogen and oxygen atoms in total. The summed E-state index contributed by atoms with van der Waals surface area (Å²) in [6.45, 7) is 1.91. The molecule has 27 heavy (non-hydrogen) atoms. The van der Waals surface area contributed by atoms with Crippen LogP contribution in [0.15, 0.2) is 48.8 Å². The molecule has 1 aliphatic heterocycles. The number of nitrogens with one attached hydrogen (secondary N) is 1. The van der Waals surface area contributed by atoms with Crippen molar-refractivity contribution < 1.29 is 9.18 Å². The Labute approximate surface area is 155 Å². The minimum atomic E-state index is -0.348. The summed E-state index contributed by atoms with van der Waals surface area (Å²) in [6.07, 6.45) is 3.87. The number of benzene rings is 2. The summed E-state index contributed by atoms with van der Waals surface area (Å²) < 4.78 is 14.9. The van der Waals surface area contributed by atoms with E-state index in [0.717, 1.165) is 37.3 Å². The third kappa shape index (κ3) is 3.94. The van der Waals surface area contributed by atoms with E-state index in [-0.39, 0.29) is 18.1 Å². The quantitative estimate of drug-likeness (QED) is 0.751. The molecule has 2 heterocycles. The van der Waals surface area contributed by atoms with Gasteiger partial charge in [0.05, 0.1) is 23.5 Å². The molecule has 1 fully saturated rings. The van der Waals surface area contributed by atoms with Crippen molar-refractivity contribution in [3.63, 3.8) is 0 Å². The van der Waals surface area contributed by atoms with Crippen molar-refractivity contribution in [1.82, 2.24) is 20.2 Å². The minimum absolute atomic E-state index is 0.103. The summed E-state index contributed by atoms with van der Waals surface area (Å²) in [6, 6.07) is 11.8.